The Bertz CT molecular complexity index is 3200. The molecule has 0 amide bonds. The molecule has 0 bridgehead atoms. The molecule has 1 spiro atoms. The highest BCUT2D eigenvalue weighted by Gasteiger charge is 2.57. The van der Waals surface area contributed by atoms with Crippen molar-refractivity contribution in [2.45, 2.75) is 5.41 Å². The van der Waals surface area contributed by atoms with Crippen LogP contribution >= 0.6 is 0 Å². The number of fused-ring (bicyclic) bond motifs is 8. The van der Waals surface area contributed by atoms with E-state index in [4.69, 9.17) is 4.74 Å². The van der Waals surface area contributed by atoms with Gasteiger partial charge in [-0.15, -0.1) is 0 Å². The van der Waals surface area contributed by atoms with Crippen molar-refractivity contribution in [3.05, 3.63) is 277 Å². The van der Waals surface area contributed by atoms with Crippen LogP contribution in [0.25, 0.3) is 44.5 Å². The average Bonchev–Trinajstić information content (AvgIpc) is 3.37. The molecule has 0 aromatic heterocycles. The monoisotopic (exact) mass is 818 g/mol. The van der Waals surface area contributed by atoms with Crippen LogP contribution in [0, 0.1) is 0 Å². The van der Waals surface area contributed by atoms with Gasteiger partial charge in [-0.05, 0) is 113 Å². The van der Waals surface area contributed by atoms with E-state index < -0.39 is 13.5 Å². The second kappa shape index (κ2) is 15.0. The highest BCUT2D eigenvalue weighted by Crippen LogP contribution is 2.57. The second-order valence-electron chi connectivity index (χ2n) is 16.7. The minimum absolute atomic E-state index is 0.666. The van der Waals surface area contributed by atoms with Crippen LogP contribution in [-0.4, -0.2) is 8.07 Å². The van der Waals surface area contributed by atoms with Gasteiger partial charge in [0.2, 0.25) is 0 Å². The molecule has 0 radical (unpaired) electrons. The van der Waals surface area contributed by atoms with Gasteiger partial charge in [0.1, 0.15) is 11.5 Å². The highest BCUT2D eigenvalue weighted by atomic mass is 28.3. The van der Waals surface area contributed by atoms with E-state index in [2.05, 4.69) is 255 Å². The topological polar surface area (TPSA) is 9.23 Å². The predicted molar refractivity (Wildman–Crippen MR) is 264 cm³/mol. The van der Waals surface area contributed by atoms with Gasteiger partial charge >= 0.3 is 0 Å². The van der Waals surface area contributed by atoms with E-state index in [1.165, 1.54) is 65.3 Å². The summed E-state index contributed by atoms with van der Waals surface area (Å²) < 4.78 is 6.99. The largest absolute Gasteiger partial charge is 0.457 e. The van der Waals surface area contributed by atoms with Crippen molar-refractivity contribution in [2.24, 2.45) is 0 Å². The van der Waals surface area contributed by atoms with Gasteiger partial charge in [-0.1, -0.05) is 218 Å². The number of rotatable bonds is 6. The molecule has 12 rings (SSSR count). The molecule has 2 heteroatoms. The quantitative estimate of drug-likeness (QED) is 0.152. The predicted octanol–water partition coefficient (Wildman–Crippen LogP) is 12.5. The summed E-state index contributed by atoms with van der Waals surface area (Å²) in [7, 11) is -2.86. The first-order valence-corrected chi connectivity index (χ1v) is 23.8. The Morgan fingerprint density at radius 1 is 0.254 bits per heavy atom. The van der Waals surface area contributed by atoms with E-state index in [0.717, 1.165) is 33.8 Å². The van der Waals surface area contributed by atoms with Crippen LogP contribution in [0.2, 0.25) is 0 Å². The van der Waals surface area contributed by atoms with Crippen molar-refractivity contribution >= 4 is 28.8 Å². The van der Waals surface area contributed by atoms with Crippen molar-refractivity contribution in [1.29, 1.82) is 0 Å². The van der Waals surface area contributed by atoms with Crippen LogP contribution < -0.4 is 25.5 Å². The summed E-state index contributed by atoms with van der Waals surface area (Å²) in [6.07, 6.45) is 0. The molecule has 0 saturated heterocycles. The summed E-state index contributed by atoms with van der Waals surface area (Å²) in [4.78, 5) is 0. The summed E-state index contributed by atoms with van der Waals surface area (Å²) >= 11 is 0. The number of hydrogen-bond acceptors (Lipinski definition) is 1. The molecule has 0 aliphatic carbocycles. The third kappa shape index (κ3) is 5.76. The molecule has 296 valence electrons. The molecule has 0 N–H and O–H groups in total. The summed E-state index contributed by atoms with van der Waals surface area (Å²) in [5.74, 6) is 1.77. The van der Waals surface area contributed by atoms with Gasteiger partial charge in [0.25, 0.3) is 0 Å². The number of para-hydroxylation sites is 1. The lowest BCUT2D eigenvalue weighted by Crippen LogP contribution is -2.79. The van der Waals surface area contributed by atoms with E-state index >= 15 is 0 Å². The molecule has 63 heavy (non-hydrogen) atoms. The minimum Gasteiger partial charge on any atom is -0.457 e. The van der Waals surface area contributed by atoms with Crippen LogP contribution in [0.15, 0.2) is 255 Å². The molecule has 2 heterocycles. The SMILES string of the molecule is c1ccc(-c2ccc(-c3cc(-c4ccccc4)cc(-c4ccc5c(c4)C4(c6ccccc6O5)c5ccccc5[Si](c5ccccc5)(c5ccccc5)c5ccccc54)c3)cc2)cc1. The second-order valence-corrected chi connectivity index (χ2v) is 20.5. The molecule has 10 aromatic rings. The van der Waals surface area contributed by atoms with Crippen molar-refractivity contribution in [3.8, 4) is 56.0 Å². The van der Waals surface area contributed by atoms with E-state index in [0.29, 0.717) is 0 Å². The van der Waals surface area contributed by atoms with Crippen LogP contribution in [0.3, 0.4) is 0 Å². The number of benzene rings is 10. The van der Waals surface area contributed by atoms with Crippen LogP contribution in [-0.2, 0) is 5.41 Å². The van der Waals surface area contributed by atoms with Gasteiger partial charge in [0.05, 0.1) is 5.41 Å². The normalized spacial score (nSPS) is 13.8. The molecule has 2 aliphatic heterocycles. The van der Waals surface area contributed by atoms with Gasteiger partial charge < -0.3 is 4.74 Å². The van der Waals surface area contributed by atoms with Crippen LogP contribution in [0.5, 0.6) is 11.5 Å². The third-order valence-electron chi connectivity index (χ3n) is 13.5. The van der Waals surface area contributed by atoms with E-state index in [9.17, 15) is 0 Å². The Morgan fingerprint density at radius 3 is 1.16 bits per heavy atom. The zero-order valence-corrected chi connectivity index (χ0v) is 35.7. The van der Waals surface area contributed by atoms with E-state index in [1.54, 1.807) is 0 Å². The Morgan fingerprint density at radius 2 is 0.619 bits per heavy atom. The van der Waals surface area contributed by atoms with Gasteiger partial charge in [-0.2, -0.15) is 0 Å². The maximum absolute atomic E-state index is 6.99. The number of hydrogen-bond donors (Lipinski definition) is 0. The third-order valence-corrected chi connectivity index (χ3v) is 18.4. The molecule has 10 aromatic carbocycles. The minimum atomic E-state index is -2.86. The Balaban J connectivity index is 1.12. The van der Waals surface area contributed by atoms with Crippen molar-refractivity contribution in [1.82, 2.24) is 0 Å². The Kier molecular flexibility index (Phi) is 8.81. The number of ether oxygens (including phenoxy) is 1. The van der Waals surface area contributed by atoms with Crippen molar-refractivity contribution in [3.63, 3.8) is 0 Å². The first-order chi connectivity index (χ1) is 31.2. The lowest BCUT2D eigenvalue weighted by molar-refractivity contribution is 0.435. The first-order valence-electron chi connectivity index (χ1n) is 21.8. The fourth-order valence-electron chi connectivity index (χ4n) is 10.8. The lowest BCUT2D eigenvalue weighted by Gasteiger charge is -2.51. The fourth-order valence-corrected chi connectivity index (χ4v) is 16.1. The van der Waals surface area contributed by atoms with E-state index in [1.807, 2.05) is 0 Å². The van der Waals surface area contributed by atoms with Crippen LogP contribution in [0.1, 0.15) is 22.3 Å². The molecular formula is C61H42OSi. The maximum Gasteiger partial charge on any atom is 0.180 e. The first kappa shape index (κ1) is 37.0. The van der Waals surface area contributed by atoms with Crippen molar-refractivity contribution in [2.75, 3.05) is 0 Å². The standard InChI is InChI=1S/C61H42OSi/c1-5-19-43(20-6-1)45-33-35-46(36-34-45)49-39-48(44-21-7-2-8-22-44)40-50(41-49)47-37-38-58-56(42-47)61(53-27-13-16-30-57(53)62-58)54-28-14-17-31-59(54)63(51-23-9-3-10-24-51,52-25-11-4-12-26-52)60-32-18-15-29-55(60)61/h1-42H. The zero-order chi connectivity index (χ0) is 41.8. The molecule has 0 unspecified atom stereocenters. The zero-order valence-electron chi connectivity index (χ0n) is 34.7. The maximum atomic E-state index is 6.99. The van der Waals surface area contributed by atoms with E-state index in [-0.39, 0.29) is 0 Å². The van der Waals surface area contributed by atoms with Crippen molar-refractivity contribution < 1.29 is 4.74 Å². The summed E-state index contributed by atoms with van der Waals surface area (Å²) in [6, 6.07) is 94.3. The fraction of sp³-hybridized carbons (Fsp3) is 0.0164. The van der Waals surface area contributed by atoms with Gasteiger partial charge in [-0.3, -0.25) is 0 Å². The average molecular weight is 819 g/mol. The smallest absolute Gasteiger partial charge is 0.180 e. The molecule has 2 aliphatic rings. The lowest BCUT2D eigenvalue weighted by atomic mass is 9.63. The molecule has 0 saturated carbocycles. The van der Waals surface area contributed by atoms with Gasteiger partial charge in [0, 0.05) is 11.1 Å². The molecular weight excluding hydrogens is 777 g/mol. The molecule has 0 atom stereocenters. The summed E-state index contributed by atoms with van der Waals surface area (Å²) in [5, 5.41) is 5.56. The van der Waals surface area contributed by atoms with Crippen LogP contribution in [0.4, 0.5) is 0 Å². The molecule has 1 nitrogen and oxygen atoms in total. The van der Waals surface area contributed by atoms with Gasteiger partial charge in [0.15, 0.2) is 8.07 Å². The molecule has 0 fully saturated rings. The Hall–Kier alpha value is -7.78. The van der Waals surface area contributed by atoms with Gasteiger partial charge in [-0.25, -0.2) is 0 Å². The Labute approximate surface area is 370 Å². The summed E-state index contributed by atoms with van der Waals surface area (Å²) in [6.45, 7) is 0. The summed E-state index contributed by atoms with van der Waals surface area (Å²) in [5.41, 5.74) is 13.7. The highest BCUT2D eigenvalue weighted by molar-refractivity contribution is 7.20.